The summed E-state index contributed by atoms with van der Waals surface area (Å²) in [5.74, 6) is 0.108. The number of rotatable bonds is 4. The molecule has 5 aromatic rings. The SMILES string of the molecule is CC1C2=C(c3ccccc3)C3=NC(=C(c4ccccc4)c4ccc([nH]4)C(c4ccccc4)=C4C=CC(=N4)C(c4ccccc4)=C1C=C2)C=C3. The topological polar surface area (TPSA) is 40.5 Å². The molecule has 0 amide bonds. The summed E-state index contributed by atoms with van der Waals surface area (Å²) in [7, 11) is 0. The monoisotopic (exact) mass is 627 g/mol. The second-order valence-corrected chi connectivity index (χ2v) is 12.6. The largest absolute Gasteiger partial charge is 0.354 e. The van der Waals surface area contributed by atoms with Crippen molar-refractivity contribution >= 4 is 33.7 Å². The summed E-state index contributed by atoms with van der Waals surface area (Å²) >= 11 is 0. The third kappa shape index (κ3) is 5.08. The molecule has 1 aliphatic carbocycles. The number of aliphatic imine (C=N–C) groups is 2. The smallest absolute Gasteiger partial charge is 0.0737 e. The van der Waals surface area contributed by atoms with E-state index in [2.05, 4.69) is 182 Å². The van der Waals surface area contributed by atoms with Crippen molar-refractivity contribution in [2.45, 2.75) is 6.92 Å². The van der Waals surface area contributed by atoms with Gasteiger partial charge < -0.3 is 4.98 Å². The summed E-state index contributed by atoms with van der Waals surface area (Å²) in [6.45, 7) is 2.32. The Morgan fingerprint density at radius 3 is 1.10 bits per heavy atom. The van der Waals surface area contributed by atoms with E-state index in [0.29, 0.717) is 0 Å². The quantitative estimate of drug-likeness (QED) is 0.206. The zero-order chi connectivity index (χ0) is 32.7. The highest BCUT2D eigenvalue weighted by atomic mass is 14.8. The molecule has 9 rings (SSSR count). The predicted octanol–water partition coefficient (Wildman–Crippen LogP) is 10.7. The second kappa shape index (κ2) is 12.0. The number of H-pyrrole nitrogens is 1. The molecule has 4 aromatic carbocycles. The molecule has 0 saturated carbocycles. The van der Waals surface area contributed by atoms with Gasteiger partial charge in [-0.25, -0.2) is 9.98 Å². The van der Waals surface area contributed by atoms with E-state index in [-0.39, 0.29) is 5.92 Å². The number of fused-ring (bicyclic) bond motifs is 6. The molecule has 4 aliphatic rings. The van der Waals surface area contributed by atoms with Crippen molar-refractivity contribution in [2.75, 3.05) is 0 Å². The van der Waals surface area contributed by atoms with Crippen molar-refractivity contribution in [3.8, 4) is 0 Å². The van der Waals surface area contributed by atoms with Crippen LogP contribution in [0, 0.1) is 5.92 Å². The van der Waals surface area contributed by atoms with Gasteiger partial charge in [-0.1, -0.05) is 140 Å². The van der Waals surface area contributed by atoms with E-state index in [1.165, 1.54) is 11.1 Å². The summed E-state index contributed by atoms with van der Waals surface area (Å²) in [4.78, 5) is 14.7. The van der Waals surface area contributed by atoms with Crippen LogP contribution in [0.25, 0.3) is 22.3 Å². The molecule has 3 aliphatic heterocycles. The first kappa shape index (κ1) is 28.9. The molecule has 1 N–H and O–H groups in total. The Bertz CT molecular complexity index is 2220. The molecule has 0 saturated heterocycles. The highest BCUT2D eigenvalue weighted by molar-refractivity contribution is 6.34. The third-order valence-corrected chi connectivity index (χ3v) is 9.73. The molecular formula is C46H33N3. The van der Waals surface area contributed by atoms with E-state index in [9.17, 15) is 0 Å². The first-order chi connectivity index (χ1) is 24.2. The van der Waals surface area contributed by atoms with Crippen LogP contribution in [0.2, 0.25) is 0 Å². The highest BCUT2D eigenvalue weighted by Crippen LogP contribution is 2.43. The van der Waals surface area contributed by atoms with E-state index < -0.39 is 0 Å². The maximum absolute atomic E-state index is 5.42. The molecule has 0 spiro atoms. The molecule has 0 fully saturated rings. The van der Waals surface area contributed by atoms with Crippen LogP contribution >= 0.6 is 0 Å². The number of hydrogen-bond donors (Lipinski definition) is 1. The van der Waals surface area contributed by atoms with Crippen LogP contribution in [-0.4, -0.2) is 16.4 Å². The zero-order valence-corrected chi connectivity index (χ0v) is 27.1. The maximum Gasteiger partial charge on any atom is 0.0737 e. The summed E-state index contributed by atoms with van der Waals surface area (Å²) in [6, 6.07) is 46.9. The number of aromatic nitrogens is 1. The lowest BCUT2D eigenvalue weighted by Crippen LogP contribution is -2.08. The Labute approximate surface area is 286 Å². The van der Waals surface area contributed by atoms with Crippen LogP contribution in [0.3, 0.4) is 0 Å². The fourth-order valence-electron chi connectivity index (χ4n) is 7.43. The summed E-state index contributed by atoms with van der Waals surface area (Å²) < 4.78 is 0. The van der Waals surface area contributed by atoms with E-state index in [0.717, 1.165) is 78.8 Å². The first-order valence-corrected chi connectivity index (χ1v) is 16.8. The van der Waals surface area contributed by atoms with Crippen LogP contribution in [-0.2, 0) is 0 Å². The maximum atomic E-state index is 5.42. The number of hydrogen-bond acceptors (Lipinski definition) is 2. The molecule has 3 heteroatoms. The Hall–Kier alpha value is -6.32. The molecular weight excluding hydrogens is 595 g/mol. The fourth-order valence-corrected chi connectivity index (χ4v) is 7.43. The Balaban J connectivity index is 1.38. The molecule has 232 valence electrons. The number of allylic oxidation sites excluding steroid dienone is 10. The van der Waals surface area contributed by atoms with Crippen molar-refractivity contribution in [1.29, 1.82) is 0 Å². The zero-order valence-electron chi connectivity index (χ0n) is 27.1. The van der Waals surface area contributed by atoms with E-state index >= 15 is 0 Å². The number of benzene rings is 4. The molecule has 49 heavy (non-hydrogen) atoms. The van der Waals surface area contributed by atoms with Crippen LogP contribution in [0.1, 0.15) is 40.6 Å². The van der Waals surface area contributed by atoms with Crippen molar-refractivity contribution in [3.05, 3.63) is 226 Å². The standard InChI is InChI=1S/C46H33N3/c1-30-35-22-23-36(30)44(32-16-8-3-9-17-32)38-25-27-40(48-38)46(34-20-12-5-13-21-34)42-29-28-41(49-42)45(33-18-10-4-11-19-33)39-26-24-37(47-39)43(35)31-14-6-2-7-15-31/h2-30,49H,1H3. The Morgan fingerprint density at radius 1 is 0.388 bits per heavy atom. The van der Waals surface area contributed by atoms with Gasteiger partial charge in [0.25, 0.3) is 0 Å². The van der Waals surface area contributed by atoms with Gasteiger partial charge in [-0.05, 0) is 69.8 Å². The van der Waals surface area contributed by atoms with Gasteiger partial charge in [-0.15, -0.1) is 0 Å². The lowest BCUT2D eigenvalue weighted by atomic mass is 9.85. The van der Waals surface area contributed by atoms with E-state index in [4.69, 9.17) is 9.98 Å². The molecule has 0 unspecified atom stereocenters. The van der Waals surface area contributed by atoms with Gasteiger partial charge in [0.05, 0.1) is 22.8 Å². The molecule has 3 nitrogen and oxygen atoms in total. The van der Waals surface area contributed by atoms with Crippen LogP contribution < -0.4 is 0 Å². The van der Waals surface area contributed by atoms with Crippen molar-refractivity contribution in [2.24, 2.45) is 15.9 Å². The molecule has 0 radical (unpaired) electrons. The minimum Gasteiger partial charge on any atom is -0.354 e. The average molecular weight is 628 g/mol. The number of nitrogens with one attached hydrogen (secondary N) is 1. The molecule has 0 atom stereocenters. The second-order valence-electron chi connectivity index (χ2n) is 12.6. The van der Waals surface area contributed by atoms with E-state index in [1.54, 1.807) is 0 Å². The van der Waals surface area contributed by atoms with Crippen LogP contribution in [0.4, 0.5) is 0 Å². The summed E-state index contributed by atoms with van der Waals surface area (Å²) in [6.07, 6.45) is 13.3. The molecule has 8 bridgehead atoms. The van der Waals surface area contributed by atoms with Gasteiger partial charge >= 0.3 is 0 Å². The minimum atomic E-state index is 0.108. The Morgan fingerprint density at radius 2 is 0.735 bits per heavy atom. The number of aromatic amines is 1. The predicted molar refractivity (Wildman–Crippen MR) is 204 cm³/mol. The minimum absolute atomic E-state index is 0.108. The Kier molecular flexibility index (Phi) is 7.09. The van der Waals surface area contributed by atoms with Gasteiger partial charge in [0.1, 0.15) is 0 Å². The highest BCUT2D eigenvalue weighted by Gasteiger charge is 2.30. The van der Waals surface area contributed by atoms with Crippen molar-refractivity contribution in [3.63, 3.8) is 0 Å². The van der Waals surface area contributed by atoms with E-state index in [1.807, 2.05) is 0 Å². The van der Waals surface area contributed by atoms with Gasteiger partial charge in [0.2, 0.25) is 0 Å². The van der Waals surface area contributed by atoms with Crippen molar-refractivity contribution in [1.82, 2.24) is 4.98 Å². The van der Waals surface area contributed by atoms with Gasteiger partial charge in [-0.3, -0.25) is 0 Å². The van der Waals surface area contributed by atoms with Gasteiger partial charge in [-0.2, -0.15) is 0 Å². The lowest BCUT2D eigenvalue weighted by molar-refractivity contribution is 0.883. The normalized spacial score (nSPS) is 18.2. The average Bonchev–Trinajstić information content (AvgIpc) is 3.98. The van der Waals surface area contributed by atoms with Crippen molar-refractivity contribution < 1.29 is 0 Å². The van der Waals surface area contributed by atoms with Gasteiger partial charge in [0.15, 0.2) is 0 Å². The summed E-state index contributed by atoms with van der Waals surface area (Å²) in [5, 5.41) is 0. The molecule has 1 aromatic heterocycles. The summed E-state index contributed by atoms with van der Waals surface area (Å²) in [5.41, 5.74) is 17.3. The first-order valence-electron chi connectivity index (χ1n) is 16.8. The van der Waals surface area contributed by atoms with Crippen LogP contribution in [0.5, 0.6) is 0 Å². The fraction of sp³-hybridized carbons (Fsp3) is 0.0435. The number of nitrogens with zero attached hydrogens (tertiary/aromatic N) is 2. The van der Waals surface area contributed by atoms with Crippen LogP contribution in [0.15, 0.2) is 202 Å². The third-order valence-electron chi connectivity index (χ3n) is 9.73. The van der Waals surface area contributed by atoms with Gasteiger partial charge in [0, 0.05) is 39.6 Å². The molecule has 4 heterocycles. The lowest BCUT2D eigenvalue weighted by Gasteiger charge is -2.19.